The van der Waals surface area contributed by atoms with Crippen molar-refractivity contribution in [1.82, 2.24) is 4.90 Å². The minimum Gasteiger partial charge on any atom is -0.481 e. The molecule has 1 aliphatic rings. The van der Waals surface area contributed by atoms with Gasteiger partial charge in [0, 0.05) is 6.54 Å². The van der Waals surface area contributed by atoms with Gasteiger partial charge in [-0.3, -0.25) is 14.4 Å². The monoisotopic (exact) mass is 284 g/mol. The van der Waals surface area contributed by atoms with E-state index in [4.69, 9.17) is 5.73 Å². The molecule has 1 rings (SSSR count). The molecule has 1 fully saturated rings. The third-order valence-corrected chi connectivity index (χ3v) is 3.84. The summed E-state index contributed by atoms with van der Waals surface area (Å²) in [5, 5.41) is 9.23. The molecule has 0 aliphatic heterocycles. The molecule has 2 atom stereocenters. The van der Waals surface area contributed by atoms with E-state index in [-0.39, 0.29) is 12.5 Å². The number of hydrogen-bond donors (Lipinski definition) is 2. The number of primary amides is 1. The number of rotatable bonds is 7. The van der Waals surface area contributed by atoms with E-state index < -0.39 is 23.7 Å². The minimum absolute atomic E-state index is 0.123. The topological polar surface area (TPSA) is 101 Å². The van der Waals surface area contributed by atoms with Gasteiger partial charge in [0.25, 0.3) is 0 Å². The first-order valence-corrected chi connectivity index (χ1v) is 7.27. The number of amides is 2. The van der Waals surface area contributed by atoms with E-state index in [1.54, 1.807) is 0 Å². The highest BCUT2D eigenvalue weighted by molar-refractivity contribution is 5.88. The quantitative estimate of drug-likeness (QED) is 0.728. The van der Waals surface area contributed by atoms with Crippen LogP contribution in [0.1, 0.15) is 45.4 Å². The molecule has 0 spiro atoms. The third kappa shape index (κ3) is 4.51. The fraction of sp³-hybridized carbons (Fsp3) is 0.786. The van der Waals surface area contributed by atoms with Crippen LogP contribution in [0.4, 0.5) is 0 Å². The summed E-state index contributed by atoms with van der Waals surface area (Å²) in [5.41, 5.74) is 5.18. The molecule has 114 valence electrons. The van der Waals surface area contributed by atoms with Gasteiger partial charge in [0.15, 0.2) is 0 Å². The average Bonchev–Trinajstić information content (AvgIpc) is 2.42. The van der Waals surface area contributed by atoms with Crippen molar-refractivity contribution in [2.75, 3.05) is 13.1 Å². The second-order valence-electron chi connectivity index (χ2n) is 5.42. The summed E-state index contributed by atoms with van der Waals surface area (Å²) in [6.45, 7) is 2.33. The van der Waals surface area contributed by atoms with Gasteiger partial charge in [-0.1, -0.05) is 26.2 Å². The molecular weight excluding hydrogens is 260 g/mol. The van der Waals surface area contributed by atoms with Gasteiger partial charge in [0.05, 0.1) is 18.4 Å². The van der Waals surface area contributed by atoms with Crippen molar-refractivity contribution in [1.29, 1.82) is 0 Å². The van der Waals surface area contributed by atoms with Crippen LogP contribution in [0.15, 0.2) is 0 Å². The van der Waals surface area contributed by atoms with Crippen molar-refractivity contribution in [2.45, 2.75) is 45.4 Å². The van der Waals surface area contributed by atoms with Crippen molar-refractivity contribution in [3.8, 4) is 0 Å². The van der Waals surface area contributed by atoms with Gasteiger partial charge in [0.2, 0.25) is 11.8 Å². The summed E-state index contributed by atoms with van der Waals surface area (Å²) in [6.07, 6.45) is 4.49. The lowest BCUT2D eigenvalue weighted by Crippen LogP contribution is -2.46. The van der Waals surface area contributed by atoms with Crippen LogP contribution < -0.4 is 5.73 Å². The van der Waals surface area contributed by atoms with Gasteiger partial charge in [-0.25, -0.2) is 0 Å². The summed E-state index contributed by atoms with van der Waals surface area (Å²) in [4.78, 5) is 36.3. The van der Waals surface area contributed by atoms with Crippen LogP contribution in [0.25, 0.3) is 0 Å². The molecule has 0 aromatic heterocycles. The molecule has 20 heavy (non-hydrogen) atoms. The van der Waals surface area contributed by atoms with Crippen LogP contribution in [0, 0.1) is 11.8 Å². The highest BCUT2D eigenvalue weighted by Crippen LogP contribution is 2.31. The van der Waals surface area contributed by atoms with E-state index in [1.807, 2.05) is 6.92 Å². The van der Waals surface area contributed by atoms with Gasteiger partial charge in [-0.05, 0) is 19.3 Å². The molecule has 0 aromatic carbocycles. The number of carbonyl (C=O) groups excluding carboxylic acids is 2. The van der Waals surface area contributed by atoms with Gasteiger partial charge in [-0.2, -0.15) is 0 Å². The maximum atomic E-state index is 12.5. The number of carbonyl (C=O) groups is 3. The molecule has 2 amide bonds. The lowest BCUT2D eigenvalue weighted by Gasteiger charge is -2.32. The Kier molecular flexibility index (Phi) is 6.48. The normalized spacial score (nSPS) is 22.2. The minimum atomic E-state index is -0.919. The van der Waals surface area contributed by atoms with Crippen molar-refractivity contribution in [3.63, 3.8) is 0 Å². The lowest BCUT2D eigenvalue weighted by molar-refractivity contribution is -0.152. The molecule has 6 nitrogen and oxygen atoms in total. The number of carboxylic acids is 1. The first-order valence-electron chi connectivity index (χ1n) is 7.27. The van der Waals surface area contributed by atoms with Crippen LogP contribution in [-0.2, 0) is 14.4 Å². The van der Waals surface area contributed by atoms with Crippen LogP contribution in [0.2, 0.25) is 0 Å². The molecular formula is C14H24N2O4. The predicted molar refractivity (Wildman–Crippen MR) is 73.8 cm³/mol. The standard InChI is InChI=1S/C14H24N2O4/c1-2-3-8-16(9-12(15)17)13(18)10-6-4-5-7-11(10)14(19)20/h10-11H,2-9H2,1H3,(H2,15,17)(H,19,20)/t10-,11+/m1/s1. The van der Waals surface area contributed by atoms with Crippen molar-refractivity contribution in [2.24, 2.45) is 17.6 Å². The molecule has 6 heteroatoms. The molecule has 0 radical (unpaired) electrons. The molecule has 1 aliphatic carbocycles. The van der Waals surface area contributed by atoms with Gasteiger partial charge in [-0.15, -0.1) is 0 Å². The number of nitrogens with zero attached hydrogens (tertiary/aromatic N) is 1. The zero-order valence-electron chi connectivity index (χ0n) is 12.0. The van der Waals surface area contributed by atoms with E-state index in [0.717, 1.165) is 25.7 Å². The van der Waals surface area contributed by atoms with Crippen molar-refractivity contribution < 1.29 is 19.5 Å². The Hall–Kier alpha value is -1.59. The van der Waals surface area contributed by atoms with Crippen LogP contribution in [0.5, 0.6) is 0 Å². The summed E-state index contributed by atoms with van der Waals surface area (Å²) in [6, 6.07) is 0. The summed E-state index contributed by atoms with van der Waals surface area (Å²) in [7, 11) is 0. The smallest absolute Gasteiger partial charge is 0.307 e. The Morgan fingerprint density at radius 1 is 1.20 bits per heavy atom. The largest absolute Gasteiger partial charge is 0.481 e. The SMILES string of the molecule is CCCCN(CC(N)=O)C(=O)[C@@H]1CCCC[C@@H]1C(=O)O. The Morgan fingerprint density at radius 3 is 2.30 bits per heavy atom. The first-order chi connectivity index (χ1) is 9.47. The van der Waals surface area contributed by atoms with Crippen molar-refractivity contribution in [3.05, 3.63) is 0 Å². The molecule has 1 saturated carbocycles. The zero-order valence-corrected chi connectivity index (χ0v) is 12.0. The van der Waals surface area contributed by atoms with E-state index in [0.29, 0.717) is 19.4 Å². The second kappa shape index (κ2) is 7.87. The highest BCUT2D eigenvalue weighted by atomic mass is 16.4. The van der Waals surface area contributed by atoms with E-state index in [9.17, 15) is 19.5 Å². The van der Waals surface area contributed by atoms with E-state index >= 15 is 0 Å². The second-order valence-corrected chi connectivity index (χ2v) is 5.42. The number of hydrogen-bond acceptors (Lipinski definition) is 3. The Bertz CT molecular complexity index is 370. The molecule has 3 N–H and O–H groups in total. The van der Waals surface area contributed by atoms with Gasteiger partial charge >= 0.3 is 5.97 Å². The molecule has 0 heterocycles. The maximum Gasteiger partial charge on any atom is 0.307 e. The van der Waals surface area contributed by atoms with Crippen LogP contribution in [-0.4, -0.2) is 40.9 Å². The lowest BCUT2D eigenvalue weighted by atomic mass is 9.78. The number of unbranched alkanes of at least 4 members (excludes halogenated alkanes) is 1. The molecule has 0 bridgehead atoms. The first kappa shape index (κ1) is 16.5. The van der Waals surface area contributed by atoms with Crippen LogP contribution in [0.3, 0.4) is 0 Å². The fourth-order valence-corrected chi connectivity index (χ4v) is 2.76. The fourth-order valence-electron chi connectivity index (χ4n) is 2.76. The number of aliphatic carboxylic acids is 1. The average molecular weight is 284 g/mol. The Balaban J connectivity index is 2.79. The van der Waals surface area contributed by atoms with Crippen molar-refractivity contribution >= 4 is 17.8 Å². The number of nitrogens with two attached hydrogens (primary N) is 1. The Morgan fingerprint density at radius 2 is 1.80 bits per heavy atom. The van der Waals surface area contributed by atoms with Gasteiger partial charge in [0.1, 0.15) is 0 Å². The summed E-state index contributed by atoms with van der Waals surface area (Å²) < 4.78 is 0. The highest BCUT2D eigenvalue weighted by Gasteiger charge is 2.37. The molecule has 0 unspecified atom stereocenters. The van der Waals surface area contributed by atoms with E-state index in [2.05, 4.69) is 0 Å². The molecule has 0 aromatic rings. The summed E-state index contributed by atoms with van der Waals surface area (Å²) in [5.74, 6) is -2.86. The maximum absolute atomic E-state index is 12.5. The summed E-state index contributed by atoms with van der Waals surface area (Å²) >= 11 is 0. The predicted octanol–water partition coefficient (Wildman–Crippen LogP) is 0.991. The van der Waals surface area contributed by atoms with E-state index in [1.165, 1.54) is 4.90 Å². The van der Waals surface area contributed by atoms with Gasteiger partial charge < -0.3 is 15.7 Å². The molecule has 0 saturated heterocycles. The Labute approximate surface area is 119 Å². The third-order valence-electron chi connectivity index (χ3n) is 3.84. The number of carboxylic acid groups (broad SMARTS) is 1. The van der Waals surface area contributed by atoms with Crippen LogP contribution >= 0.6 is 0 Å². The zero-order chi connectivity index (χ0) is 15.1.